The minimum Gasteiger partial charge on any atom is -0.398 e. The Balaban J connectivity index is 1.59. The largest absolute Gasteiger partial charge is 0.398 e. The number of carbonyl (C=O) groups is 1. The van der Waals surface area contributed by atoms with E-state index < -0.39 is 0 Å². The summed E-state index contributed by atoms with van der Waals surface area (Å²) in [6.45, 7) is 6.95. The van der Waals surface area contributed by atoms with E-state index in [2.05, 4.69) is 12.1 Å². The lowest BCUT2D eigenvalue weighted by Crippen LogP contribution is -2.48. The van der Waals surface area contributed by atoms with Crippen molar-refractivity contribution in [3.63, 3.8) is 0 Å². The van der Waals surface area contributed by atoms with Crippen LogP contribution >= 0.6 is 0 Å². The van der Waals surface area contributed by atoms with Crippen LogP contribution in [0.25, 0.3) is 5.70 Å². The molecule has 0 bridgehead atoms. The third kappa shape index (κ3) is 3.98. The first kappa shape index (κ1) is 20.9. The SMILES string of the molecule is CC(=N)/C(C)=C(\N)c1cc(C(=O)N2CC(c3ccc(C#N)cc3)C2)c(C)cc1C1CC1. The topological polar surface area (TPSA) is 94.0 Å². The molecule has 1 aliphatic carbocycles. The molecular weight excluding hydrogens is 384 g/mol. The van der Waals surface area contributed by atoms with Crippen LogP contribution in [0.2, 0.25) is 0 Å². The molecule has 0 radical (unpaired) electrons. The second-order valence-corrected chi connectivity index (χ2v) is 8.83. The highest BCUT2D eigenvalue weighted by Crippen LogP contribution is 2.44. The molecule has 2 aromatic carbocycles. The minimum atomic E-state index is 0.0306. The smallest absolute Gasteiger partial charge is 0.254 e. The Hall–Kier alpha value is -3.39. The molecule has 2 aliphatic rings. The number of rotatable bonds is 5. The second kappa shape index (κ2) is 8.03. The maximum atomic E-state index is 13.3. The molecule has 2 fully saturated rings. The molecule has 31 heavy (non-hydrogen) atoms. The summed E-state index contributed by atoms with van der Waals surface area (Å²) in [6.07, 6.45) is 2.29. The monoisotopic (exact) mass is 412 g/mol. The van der Waals surface area contributed by atoms with Crippen molar-refractivity contribution < 1.29 is 4.79 Å². The van der Waals surface area contributed by atoms with Gasteiger partial charge in [-0.15, -0.1) is 0 Å². The molecule has 158 valence electrons. The number of nitrogens with zero attached hydrogens (tertiary/aromatic N) is 2. The number of nitrogens with one attached hydrogen (secondary N) is 1. The average Bonchev–Trinajstić information content (AvgIpc) is 3.57. The maximum Gasteiger partial charge on any atom is 0.254 e. The fourth-order valence-electron chi connectivity index (χ4n) is 4.19. The number of hydrogen-bond donors (Lipinski definition) is 2. The molecule has 1 aliphatic heterocycles. The number of nitrogens with two attached hydrogens (primary N) is 1. The molecule has 5 heteroatoms. The number of amides is 1. The van der Waals surface area contributed by atoms with Crippen LogP contribution in [0, 0.1) is 23.7 Å². The number of aryl methyl sites for hydroxylation is 1. The van der Waals surface area contributed by atoms with Crippen LogP contribution in [0.3, 0.4) is 0 Å². The van der Waals surface area contributed by atoms with Crippen molar-refractivity contribution in [2.45, 2.75) is 45.4 Å². The Kier molecular flexibility index (Phi) is 5.41. The van der Waals surface area contributed by atoms with Gasteiger partial charge in [0.1, 0.15) is 0 Å². The Labute approximate surface area is 183 Å². The number of carbonyl (C=O) groups excluding carboxylic acids is 1. The summed E-state index contributed by atoms with van der Waals surface area (Å²) in [4.78, 5) is 15.2. The number of nitriles is 1. The summed E-state index contributed by atoms with van der Waals surface area (Å²) in [7, 11) is 0. The molecular formula is C26H28N4O. The Morgan fingerprint density at radius 1 is 1.10 bits per heavy atom. The molecule has 1 saturated carbocycles. The molecule has 5 nitrogen and oxygen atoms in total. The molecule has 0 atom stereocenters. The van der Waals surface area contributed by atoms with Gasteiger partial charge >= 0.3 is 0 Å². The lowest BCUT2D eigenvalue weighted by molar-refractivity contribution is 0.0601. The zero-order valence-electron chi connectivity index (χ0n) is 18.3. The van der Waals surface area contributed by atoms with E-state index in [9.17, 15) is 4.79 Å². The number of hydrogen-bond acceptors (Lipinski definition) is 4. The molecule has 0 spiro atoms. The van der Waals surface area contributed by atoms with Gasteiger partial charge in [-0.2, -0.15) is 5.26 Å². The lowest BCUT2D eigenvalue weighted by atomic mass is 9.88. The van der Waals surface area contributed by atoms with Gasteiger partial charge in [0.15, 0.2) is 0 Å². The van der Waals surface area contributed by atoms with Crippen LogP contribution in [0.1, 0.15) is 76.7 Å². The van der Waals surface area contributed by atoms with Crippen LogP contribution in [0.15, 0.2) is 42.0 Å². The summed E-state index contributed by atoms with van der Waals surface area (Å²) in [5.74, 6) is 0.831. The summed E-state index contributed by atoms with van der Waals surface area (Å²) in [5, 5.41) is 16.9. The van der Waals surface area contributed by atoms with E-state index in [1.165, 1.54) is 5.56 Å². The first-order valence-corrected chi connectivity index (χ1v) is 10.8. The Bertz CT molecular complexity index is 1130. The van der Waals surface area contributed by atoms with Crippen molar-refractivity contribution in [1.29, 1.82) is 10.7 Å². The number of benzene rings is 2. The average molecular weight is 413 g/mol. The van der Waals surface area contributed by atoms with Gasteiger partial charge in [0, 0.05) is 41.5 Å². The maximum absolute atomic E-state index is 13.3. The second-order valence-electron chi connectivity index (χ2n) is 8.83. The van der Waals surface area contributed by atoms with Gasteiger partial charge in [-0.25, -0.2) is 0 Å². The van der Waals surface area contributed by atoms with Crippen LogP contribution in [0.5, 0.6) is 0 Å². The molecule has 2 aromatic rings. The molecule has 1 heterocycles. The molecule has 4 rings (SSSR count). The first-order chi connectivity index (χ1) is 14.8. The summed E-state index contributed by atoms with van der Waals surface area (Å²) in [6, 6.07) is 13.8. The van der Waals surface area contributed by atoms with Crippen molar-refractivity contribution >= 4 is 17.3 Å². The third-order valence-corrected chi connectivity index (χ3v) is 6.58. The van der Waals surface area contributed by atoms with Gasteiger partial charge < -0.3 is 16.0 Å². The van der Waals surface area contributed by atoms with Gasteiger partial charge in [-0.05, 0) is 80.0 Å². The van der Waals surface area contributed by atoms with Gasteiger partial charge in [0.2, 0.25) is 0 Å². The lowest BCUT2D eigenvalue weighted by Gasteiger charge is -2.40. The minimum absolute atomic E-state index is 0.0306. The standard InChI is InChI=1S/C26H28N4O/c1-15-10-23(20-8-9-20)24(25(29)16(2)17(3)28)11-22(15)26(31)30-13-21(14-30)19-6-4-18(12-27)5-7-19/h4-7,10-11,20-21,28H,8-9,13-14,29H2,1-3H3/b25-16-,28-17?. The van der Waals surface area contributed by atoms with Gasteiger partial charge in [0.25, 0.3) is 5.91 Å². The van der Waals surface area contributed by atoms with Crippen LogP contribution in [-0.4, -0.2) is 29.6 Å². The molecule has 1 amide bonds. The highest BCUT2D eigenvalue weighted by atomic mass is 16.2. The quantitative estimate of drug-likeness (QED) is 0.696. The zero-order valence-corrected chi connectivity index (χ0v) is 18.3. The van der Waals surface area contributed by atoms with Crippen molar-refractivity contribution in [2.75, 3.05) is 13.1 Å². The van der Waals surface area contributed by atoms with Gasteiger partial charge in [0.05, 0.1) is 11.6 Å². The predicted molar refractivity (Wildman–Crippen MR) is 123 cm³/mol. The van der Waals surface area contributed by atoms with E-state index in [0.29, 0.717) is 47.5 Å². The van der Waals surface area contributed by atoms with Crippen molar-refractivity contribution in [2.24, 2.45) is 5.73 Å². The summed E-state index contributed by atoms with van der Waals surface area (Å²) >= 11 is 0. The van der Waals surface area contributed by atoms with E-state index in [1.807, 2.05) is 49.1 Å². The van der Waals surface area contributed by atoms with Crippen LogP contribution in [0.4, 0.5) is 0 Å². The Morgan fingerprint density at radius 3 is 2.29 bits per heavy atom. The Morgan fingerprint density at radius 2 is 1.74 bits per heavy atom. The molecule has 1 saturated heterocycles. The van der Waals surface area contributed by atoms with Gasteiger partial charge in [-0.3, -0.25) is 4.79 Å². The summed E-state index contributed by atoms with van der Waals surface area (Å²) in [5.41, 5.74) is 13.9. The van der Waals surface area contributed by atoms with Gasteiger partial charge in [-0.1, -0.05) is 18.2 Å². The zero-order chi connectivity index (χ0) is 22.3. The van der Waals surface area contributed by atoms with Crippen molar-refractivity contribution in [3.8, 4) is 6.07 Å². The van der Waals surface area contributed by atoms with E-state index in [4.69, 9.17) is 16.4 Å². The van der Waals surface area contributed by atoms with Crippen LogP contribution < -0.4 is 5.73 Å². The molecule has 3 N–H and O–H groups in total. The number of allylic oxidation sites excluding steroid dienone is 1. The summed E-state index contributed by atoms with van der Waals surface area (Å²) < 4.78 is 0. The van der Waals surface area contributed by atoms with E-state index in [0.717, 1.165) is 35.1 Å². The molecule has 0 aromatic heterocycles. The normalized spacial score (nSPS) is 16.9. The van der Waals surface area contributed by atoms with E-state index in [-0.39, 0.29) is 5.91 Å². The highest BCUT2D eigenvalue weighted by Gasteiger charge is 2.34. The van der Waals surface area contributed by atoms with Crippen molar-refractivity contribution in [3.05, 3.63) is 75.4 Å². The molecule has 0 unspecified atom stereocenters. The van der Waals surface area contributed by atoms with E-state index in [1.54, 1.807) is 6.92 Å². The van der Waals surface area contributed by atoms with Crippen LogP contribution in [-0.2, 0) is 0 Å². The fourth-order valence-corrected chi connectivity index (χ4v) is 4.19. The first-order valence-electron chi connectivity index (χ1n) is 10.8. The highest BCUT2D eigenvalue weighted by molar-refractivity contribution is 6.03. The number of likely N-dealkylation sites (tertiary alicyclic amines) is 1. The predicted octanol–water partition coefficient (Wildman–Crippen LogP) is 4.71. The fraction of sp³-hybridized carbons (Fsp3) is 0.346. The van der Waals surface area contributed by atoms with E-state index >= 15 is 0 Å². The van der Waals surface area contributed by atoms with Crippen molar-refractivity contribution in [1.82, 2.24) is 4.90 Å². The third-order valence-electron chi connectivity index (χ3n) is 6.58.